The van der Waals surface area contributed by atoms with Gasteiger partial charge in [-0.05, 0) is 6.92 Å². The molecule has 0 amide bonds. The Hall–Kier alpha value is -2.03. The predicted molar refractivity (Wildman–Crippen MR) is 71.8 cm³/mol. The van der Waals surface area contributed by atoms with Crippen LogP contribution in [0.5, 0.6) is 0 Å². The topological polar surface area (TPSA) is 104 Å². The number of benzene rings is 1. The molecule has 0 radical (unpaired) electrons. The van der Waals surface area contributed by atoms with Gasteiger partial charge in [0, 0.05) is 11.6 Å². The van der Waals surface area contributed by atoms with Gasteiger partial charge in [0.25, 0.3) is 0 Å². The third-order valence-corrected chi connectivity index (χ3v) is 5.01. The summed E-state index contributed by atoms with van der Waals surface area (Å²) in [5, 5.41) is 9.53. The van der Waals surface area contributed by atoms with Gasteiger partial charge in [-0.2, -0.15) is 4.39 Å². The molecule has 0 aliphatic heterocycles. The average Bonchev–Trinajstić information content (AvgIpc) is 2.40. The van der Waals surface area contributed by atoms with Crippen molar-refractivity contribution in [3.8, 4) is 0 Å². The van der Waals surface area contributed by atoms with Crippen molar-refractivity contribution in [1.82, 2.24) is 0 Å². The molecule has 1 unspecified atom stereocenters. The minimum Gasteiger partial charge on any atom is -0.469 e. The number of sulfone groups is 1. The number of carbonyl (C=O) groups excluding carboxylic acids is 1. The van der Waals surface area contributed by atoms with Crippen LogP contribution >= 0.6 is 0 Å². The van der Waals surface area contributed by atoms with E-state index in [4.69, 9.17) is 0 Å². The third-order valence-electron chi connectivity index (χ3n) is 2.91. The molecule has 0 spiro atoms. The number of nitro benzene ring substituents is 1. The summed E-state index contributed by atoms with van der Waals surface area (Å²) in [5.74, 6) is -2.61. The summed E-state index contributed by atoms with van der Waals surface area (Å²) in [6.07, 6.45) is -0.366. The molecule has 9 heteroatoms. The lowest BCUT2D eigenvalue weighted by atomic mass is 10.2. The molecule has 0 heterocycles. The van der Waals surface area contributed by atoms with Crippen LogP contribution in [0.3, 0.4) is 0 Å². The van der Waals surface area contributed by atoms with Crippen LogP contribution in [0.4, 0.5) is 10.1 Å². The zero-order chi connectivity index (χ0) is 16.2. The highest BCUT2D eigenvalue weighted by Crippen LogP contribution is 2.23. The zero-order valence-corrected chi connectivity index (χ0v) is 12.2. The van der Waals surface area contributed by atoms with E-state index in [-0.39, 0.29) is 12.0 Å². The van der Waals surface area contributed by atoms with Crippen molar-refractivity contribution >= 4 is 21.5 Å². The number of hydrogen-bond acceptors (Lipinski definition) is 6. The Labute approximate surface area is 120 Å². The lowest BCUT2D eigenvalue weighted by Gasteiger charge is -2.12. The highest BCUT2D eigenvalue weighted by atomic mass is 32.2. The Morgan fingerprint density at radius 3 is 2.62 bits per heavy atom. The number of hydrogen-bond donors (Lipinski definition) is 0. The smallest absolute Gasteiger partial charge is 0.306 e. The largest absolute Gasteiger partial charge is 0.469 e. The summed E-state index contributed by atoms with van der Waals surface area (Å²) >= 11 is 0. The summed E-state index contributed by atoms with van der Waals surface area (Å²) < 4.78 is 42.3. The van der Waals surface area contributed by atoms with E-state index in [1.807, 2.05) is 0 Å². The van der Waals surface area contributed by atoms with E-state index in [0.717, 1.165) is 19.2 Å². The Morgan fingerprint density at radius 2 is 2.10 bits per heavy atom. The molecule has 0 aliphatic rings. The molecular weight excluding hydrogens is 305 g/mol. The second-order valence-corrected chi connectivity index (χ2v) is 6.82. The van der Waals surface area contributed by atoms with Crippen molar-refractivity contribution in [2.75, 3.05) is 7.11 Å². The molecule has 116 valence electrons. The van der Waals surface area contributed by atoms with Gasteiger partial charge in [-0.1, -0.05) is 12.1 Å². The molecule has 21 heavy (non-hydrogen) atoms. The van der Waals surface area contributed by atoms with Crippen molar-refractivity contribution in [2.45, 2.75) is 24.3 Å². The molecule has 0 N–H and O–H groups in total. The molecule has 0 bridgehead atoms. The van der Waals surface area contributed by atoms with Crippen molar-refractivity contribution < 1.29 is 27.3 Å². The van der Waals surface area contributed by atoms with Gasteiger partial charge in [-0.15, -0.1) is 0 Å². The highest BCUT2D eigenvalue weighted by Gasteiger charge is 2.27. The standard InChI is InChI=1S/C12H14FNO6S/c1-8(6-11(15)20-2)21(18,19)7-9-4-3-5-10(12(9)13)14(16)17/h3-5,8H,6-7H2,1-2H3. The number of methoxy groups -OCH3 is 1. The summed E-state index contributed by atoms with van der Waals surface area (Å²) in [7, 11) is -2.72. The summed E-state index contributed by atoms with van der Waals surface area (Å²) in [4.78, 5) is 20.8. The fraction of sp³-hybridized carbons (Fsp3) is 0.417. The van der Waals surface area contributed by atoms with Crippen LogP contribution in [0.25, 0.3) is 0 Å². The quantitative estimate of drug-likeness (QED) is 0.448. The summed E-state index contributed by atoms with van der Waals surface area (Å²) in [6.45, 7) is 1.29. The van der Waals surface area contributed by atoms with Gasteiger partial charge in [0.05, 0.1) is 29.5 Å². The molecule has 0 aromatic heterocycles. The van der Waals surface area contributed by atoms with Gasteiger partial charge in [0.1, 0.15) is 0 Å². The van der Waals surface area contributed by atoms with Gasteiger partial charge in [0.15, 0.2) is 9.84 Å². The van der Waals surface area contributed by atoms with Crippen molar-refractivity contribution in [2.24, 2.45) is 0 Å². The van der Waals surface area contributed by atoms with E-state index >= 15 is 0 Å². The minimum atomic E-state index is -3.85. The number of halogens is 1. The molecular formula is C12H14FNO6S. The van der Waals surface area contributed by atoms with Crippen LogP contribution in [-0.4, -0.2) is 31.7 Å². The number of rotatable bonds is 6. The van der Waals surface area contributed by atoms with Crippen molar-refractivity contribution in [1.29, 1.82) is 0 Å². The van der Waals surface area contributed by atoms with Gasteiger partial charge in [0.2, 0.25) is 5.82 Å². The van der Waals surface area contributed by atoms with Crippen LogP contribution in [0.1, 0.15) is 18.9 Å². The van der Waals surface area contributed by atoms with E-state index in [1.54, 1.807) is 0 Å². The Balaban J connectivity index is 3.02. The molecule has 1 atom stereocenters. The molecule has 0 saturated heterocycles. The maximum absolute atomic E-state index is 13.8. The van der Waals surface area contributed by atoms with Crippen molar-refractivity contribution in [3.05, 3.63) is 39.7 Å². The minimum absolute atomic E-state index is 0.305. The lowest BCUT2D eigenvalue weighted by molar-refractivity contribution is -0.387. The first-order valence-electron chi connectivity index (χ1n) is 5.89. The fourth-order valence-corrected chi connectivity index (χ4v) is 2.95. The first kappa shape index (κ1) is 17.0. The summed E-state index contributed by atoms with van der Waals surface area (Å²) in [6, 6.07) is 3.31. The van der Waals surface area contributed by atoms with Gasteiger partial charge in [-0.3, -0.25) is 14.9 Å². The Bertz CT molecular complexity index is 658. The van der Waals surface area contributed by atoms with E-state index < -0.39 is 43.2 Å². The molecule has 0 fully saturated rings. The second kappa shape index (κ2) is 6.61. The number of carbonyl (C=O) groups is 1. The maximum atomic E-state index is 13.8. The van der Waals surface area contributed by atoms with E-state index in [2.05, 4.69) is 4.74 Å². The SMILES string of the molecule is COC(=O)CC(C)S(=O)(=O)Cc1cccc([N+](=O)[O-])c1F. The number of nitro groups is 1. The number of nitrogens with zero attached hydrogens (tertiary/aromatic N) is 1. The van der Waals surface area contributed by atoms with Gasteiger partial charge < -0.3 is 4.74 Å². The fourth-order valence-electron chi connectivity index (χ4n) is 1.62. The monoisotopic (exact) mass is 319 g/mol. The Kier molecular flexibility index (Phi) is 5.36. The average molecular weight is 319 g/mol. The van der Waals surface area contributed by atoms with E-state index in [9.17, 15) is 27.7 Å². The normalized spacial score (nSPS) is 12.7. The van der Waals surface area contributed by atoms with Crippen LogP contribution < -0.4 is 0 Å². The van der Waals surface area contributed by atoms with Crippen LogP contribution in [0.15, 0.2) is 18.2 Å². The number of esters is 1. The van der Waals surface area contributed by atoms with Crippen LogP contribution in [-0.2, 0) is 25.1 Å². The van der Waals surface area contributed by atoms with Crippen LogP contribution in [0.2, 0.25) is 0 Å². The summed E-state index contributed by atoms with van der Waals surface area (Å²) in [5.41, 5.74) is -1.09. The first-order valence-corrected chi connectivity index (χ1v) is 7.60. The Morgan fingerprint density at radius 1 is 1.48 bits per heavy atom. The first-order chi connectivity index (χ1) is 9.69. The van der Waals surface area contributed by atoms with Gasteiger partial charge >= 0.3 is 11.7 Å². The molecule has 7 nitrogen and oxygen atoms in total. The predicted octanol–water partition coefficient (Wildman–Crippen LogP) is 1.60. The third kappa shape index (κ3) is 4.22. The van der Waals surface area contributed by atoms with Crippen LogP contribution in [0, 0.1) is 15.9 Å². The molecule has 1 rings (SSSR count). The molecule has 1 aromatic rings. The molecule has 1 aromatic carbocycles. The van der Waals surface area contributed by atoms with E-state index in [1.165, 1.54) is 13.0 Å². The molecule has 0 saturated carbocycles. The van der Waals surface area contributed by atoms with Crippen molar-refractivity contribution in [3.63, 3.8) is 0 Å². The van der Waals surface area contributed by atoms with E-state index in [0.29, 0.717) is 0 Å². The molecule has 0 aliphatic carbocycles. The zero-order valence-electron chi connectivity index (χ0n) is 11.4. The van der Waals surface area contributed by atoms with Gasteiger partial charge in [-0.25, -0.2) is 8.42 Å². The highest BCUT2D eigenvalue weighted by molar-refractivity contribution is 7.91. The number of ether oxygens (including phenoxy) is 1. The maximum Gasteiger partial charge on any atom is 0.306 e. The lowest BCUT2D eigenvalue weighted by Crippen LogP contribution is -2.24. The second-order valence-electron chi connectivity index (χ2n) is 4.41.